The van der Waals surface area contributed by atoms with Gasteiger partial charge in [-0.3, -0.25) is 19.9 Å². The number of aliphatic carboxylic acids is 1. The van der Waals surface area contributed by atoms with Crippen LogP contribution in [0.15, 0.2) is 18.5 Å². The molecule has 1 rings (SSSR count). The summed E-state index contributed by atoms with van der Waals surface area (Å²) >= 11 is 0. The molecular weight excluding hydrogens is 262 g/mol. The number of hydrogen-bond donors (Lipinski definition) is 3. The second-order valence-corrected chi connectivity index (χ2v) is 4.28. The van der Waals surface area contributed by atoms with E-state index in [0.717, 1.165) is 11.1 Å². The van der Waals surface area contributed by atoms with E-state index in [1.807, 2.05) is 6.92 Å². The van der Waals surface area contributed by atoms with Crippen molar-refractivity contribution in [3.63, 3.8) is 0 Å². The Morgan fingerprint density at radius 3 is 2.70 bits per heavy atom. The molecular formula is C13H17N3O4. The van der Waals surface area contributed by atoms with Gasteiger partial charge < -0.3 is 10.4 Å². The highest BCUT2D eigenvalue weighted by molar-refractivity contribution is 5.94. The molecule has 7 heteroatoms. The lowest BCUT2D eigenvalue weighted by molar-refractivity contribution is -0.137. The Bertz CT molecular complexity index is 502. The highest BCUT2D eigenvalue weighted by atomic mass is 16.4. The van der Waals surface area contributed by atoms with E-state index < -0.39 is 17.9 Å². The van der Waals surface area contributed by atoms with Gasteiger partial charge in [0.2, 0.25) is 5.91 Å². The molecule has 0 aliphatic rings. The van der Waals surface area contributed by atoms with E-state index in [0.29, 0.717) is 6.54 Å². The van der Waals surface area contributed by atoms with Crippen LogP contribution in [-0.2, 0) is 16.1 Å². The summed E-state index contributed by atoms with van der Waals surface area (Å²) in [6.07, 6.45) is 3.43. The summed E-state index contributed by atoms with van der Waals surface area (Å²) in [7, 11) is 0. The third-order valence-corrected chi connectivity index (χ3v) is 2.62. The van der Waals surface area contributed by atoms with Crippen molar-refractivity contribution >= 4 is 17.9 Å². The molecule has 0 aliphatic carbocycles. The number of aromatic nitrogens is 1. The number of aryl methyl sites for hydroxylation is 1. The fourth-order valence-corrected chi connectivity index (χ4v) is 1.51. The van der Waals surface area contributed by atoms with Gasteiger partial charge in [0.1, 0.15) is 0 Å². The minimum atomic E-state index is -0.963. The van der Waals surface area contributed by atoms with Crippen LogP contribution in [0.4, 0.5) is 4.79 Å². The number of nitrogens with one attached hydrogen (secondary N) is 2. The monoisotopic (exact) mass is 279 g/mol. The minimum absolute atomic E-state index is 0.00794. The van der Waals surface area contributed by atoms with E-state index in [-0.39, 0.29) is 19.3 Å². The van der Waals surface area contributed by atoms with Crippen LogP contribution < -0.4 is 10.6 Å². The summed E-state index contributed by atoms with van der Waals surface area (Å²) in [6.45, 7) is 2.17. The molecule has 0 saturated carbocycles. The van der Waals surface area contributed by atoms with Crippen LogP contribution in [0, 0.1) is 6.92 Å². The molecule has 0 unspecified atom stereocenters. The molecule has 0 bridgehead atoms. The summed E-state index contributed by atoms with van der Waals surface area (Å²) in [4.78, 5) is 37.0. The fraction of sp³-hybridized carbons (Fsp3) is 0.385. The van der Waals surface area contributed by atoms with Crippen LogP contribution in [0.25, 0.3) is 0 Å². The Kier molecular flexibility index (Phi) is 6.15. The average molecular weight is 279 g/mol. The predicted molar refractivity (Wildman–Crippen MR) is 70.8 cm³/mol. The molecule has 3 amide bonds. The van der Waals surface area contributed by atoms with Crippen molar-refractivity contribution in [1.82, 2.24) is 15.6 Å². The zero-order valence-electron chi connectivity index (χ0n) is 11.2. The lowest BCUT2D eigenvalue weighted by Gasteiger charge is -2.08. The smallest absolute Gasteiger partial charge is 0.321 e. The van der Waals surface area contributed by atoms with Gasteiger partial charge in [0, 0.05) is 31.8 Å². The third-order valence-electron chi connectivity index (χ3n) is 2.62. The molecule has 0 fully saturated rings. The Morgan fingerprint density at radius 2 is 2.05 bits per heavy atom. The van der Waals surface area contributed by atoms with Crippen molar-refractivity contribution in [2.24, 2.45) is 0 Å². The number of carbonyl (C=O) groups excluding carboxylic acids is 2. The zero-order valence-corrected chi connectivity index (χ0v) is 11.2. The molecule has 1 aromatic rings. The lowest BCUT2D eigenvalue weighted by Crippen LogP contribution is -2.39. The molecule has 0 aromatic carbocycles. The topological polar surface area (TPSA) is 108 Å². The van der Waals surface area contributed by atoms with Crippen molar-refractivity contribution in [3.05, 3.63) is 29.6 Å². The largest absolute Gasteiger partial charge is 0.481 e. The third kappa shape index (κ3) is 5.94. The van der Waals surface area contributed by atoms with Gasteiger partial charge in [-0.15, -0.1) is 0 Å². The molecule has 1 aromatic heterocycles. The van der Waals surface area contributed by atoms with E-state index >= 15 is 0 Å². The number of hydrogen-bond acceptors (Lipinski definition) is 4. The molecule has 0 radical (unpaired) electrons. The van der Waals surface area contributed by atoms with Gasteiger partial charge in [0.25, 0.3) is 0 Å². The van der Waals surface area contributed by atoms with Crippen molar-refractivity contribution in [2.45, 2.75) is 32.7 Å². The Labute approximate surface area is 116 Å². The number of imide groups is 1. The van der Waals surface area contributed by atoms with Gasteiger partial charge in [-0.25, -0.2) is 4.79 Å². The van der Waals surface area contributed by atoms with Gasteiger partial charge in [-0.05, 0) is 30.5 Å². The molecule has 0 spiro atoms. The normalized spacial score (nSPS) is 9.85. The molecule has 3 N–H and O–H groups in total. The van der Waals surface area contributed by atoms with Gasteiger partial charge in [-0.1, -0.05) is 0 Å². The summed E-state index contributed by atoms with van der Waals surface area (Å²) in [5.74, 6) is -1.45. The summed E-state index contributed by atoms with van der Waals surface area (Å²) in [5.41, 5.74) is 1.86. The maximum atomic E-state index is 11.5. The highest BCUT2D eigenvalue weighted by Crippen LogP contribution is 2.03. The molecule has 1 heterocycles. The maximum Gasteiger partial charge on any atom is 0.321 e. The van der Waals surface area contributed by atoms with E-state index in [2.05, 4.69) is 15.6 Å². The molecule has 108 valence electrons. The Balaban J connectivity index is 2.28. The van der Waals surface area contributed by atoms with E-state index in [1.54, 1.807) is 18.5 Å². The van der Waals surface area contributed by atoms with Crippen molar-refractivity contribution in [2.75, 3.05) is 0 Å². The summed E-state index contributed by atoms with van der Waals surface area (Å²) in [5, 5.41) is 13.1. The second-order valence-electron chi connectivity index (χ2n) is 4.28. The first-order chi connectivity index (χ1) is 9.49. The lowest BCUT2D eigenvalue weighted by atomic mass is 10.1. The van der Waals surface area contributed by atoms with Gasteiger partial charge in [0.15, 0.2) is 0 Å². The number of pyridine rings is 1. The van der Waals surface area contributed by atoms with Crippen LogP contribution >= 0.6 is 0 Å². The van der Waals surface area contributed by atoms with Gasteiger partial charge in [-0.2, -0.15) is 0 Å². The summed E-state index contributed by atoms with van der Waals surface area (Å²) < 4.78 is 0. The van der Waals surface area contributed by atoms with E-state index in [4.69, 9.17) is 5.11 Å². The highest BCUT2D eigenvalue weighted by Gasteiger charge is 2.08. The van der Waals surface area contributed by atoms with Crippen LogP contribution in [-0.4, -0.2) is 28.0 Å². The van der Waals surface area contributed by atoms with E-state index in [9.17, 15) is 14.4 Å². The summed E-state index contributed by atoms with van der Waals surface area (Å²) in [6, 6.07) is 1.19. The van der Waals surface area contributed by atoms with Crippen molar-refractivity contribution in [3.8, 4) is 0 Å². The first-order valence-electron chi connectivity index (χ1n) is 6.18. The fourth-order valence-electron chi connectivity index (χ4n) is 1.51. The van der Waals surface area contributed by atoms with Crippen LogP contribution in [0.3, 0.4) is 0 Å². The standard InChI is InChI=1S/C13H17N3O4/c1-9-7-14-6-5-10(9)8-15-13(20)16-11(17)3-2-4-12(18)19/h5-7H,2-4,8H2,1H3,(H,18,19)(H2,15,16,17,20). The first-order valence-corrected chi connectivity index (χ1v) is 6.18. The number of amides is 3. The van der Waals surface area contributed by atoms with Crippen LogP contribution in [0.1, 0.15) is 30.4 Å². The molecule has 7 nitrogen and oxygen atoms in total. The molecule has 0 atom stereocenters. The molecule has 0 saturated heterocycles. The number of carbonyl (C=O) groups is 3. The number of carboxylic acids is 1. The average Bonchev–Trinajstić information content (AvgIpc) is 2.37. The second kappa shape index (κ2) is 7.88. The minimum Gasteiger partial charge on any atom is -0.481 e. The molecule has 0 aliphatic heterocycles. The number of urea groups is 1. The van der Waals surface area contributed by atoms with Gasteiger partial charge >= 0.3 is 12.0 Å². The number of nitrogens with zero attached hydrogens (tertiary/aromatic N) is 1. The number of carboxylic acid groups (broad SMARTS) is 1. The predicted octanol–water partition coefficient (Wildman–Crippen LogP) is 0.971. The number of rotatable bonds is 6. The van der Waals surface area contributed by atoms with Crippen molar-refractivity contribution in [1.29, 1.82) is 0 Å². The molecule has 20 heavy (non-hydrogen) atoms. The SMILES string of the molecule is Cc1cnccc1CNC(=O)NC(=O)CCCC(=O)O. The van der Waals surface area contributed by atoms with Crippen LogP contribution in [0.5, 0.6) is 0 Å². The Hall–Kier alpha value is -2.44. The zero-order chi connectivity index (χ0) is 15.0. The maximum absolute atomic E-state index is 11.5. The van der Waals surface area contributed by atoms with E-state index in [1.165, 1.54) is 0 Å². The Morgan fingerprint density at radius 1 is 1.30 bits per heavy atom. The van der Waals surface area contributed by atoms with Gasteiger partial charge in [0.05, 0.1) is 0 Å². The van der Waals surface area contributed by atoms with Crippen LogP contribution in [0.2, 0.25) is 0 Å². The first kappa shape index (κ1) is 15.6. The van der Waals surface area contributed by atoms with Crippen molar-refractivity contribution < 1.29 is 19.5 Å². The quantitative estimate of drug-likeness (QED) is 0.719.